The zero-order valence-electron chi connectivity index (χ0n) is 10.2. The highest BCUT2D eigenvalue weighted by atomic mass is 79.9. The average Bonchev–Trinajstić information content (AvgIpc) is 2.37. The maximum atomic E-state index is 13.3. The fraction of sp³-hybridized carbons (Fsp3) is 0.0714. The van der Waals surface area contributed by atoms with Crippen LogP contribution < -0.4 is 11.1 Å². The van der Waals surface area contributed by atoms with Crippen molar-refractivity contribution in [3.63, 3.8) is 0 Å². The molecule has 3 N–H and O–H groups in total. The molecule has 0 aliphatic rings. The SMILES string of the molecule is Cc1ccc(C(=O)Nc2ccc(N)c(F)c2)cc1Br. The Labute approximate surface area is 118 Å². The van der Waals surface area contributed by atoms with Crippen LogP contribution in [0.3, 0.4) is 0 Å². The van der Waals surface area contributed by atoms with E-state index < -0.39 is 5.82 Å². The molecule has 0 spiro atoms. The second kappa shape index (κ2) is 5.40. The second-order valence-corrected chi connectivity index (χ2v) is 5.01. The van der Waals surface area contributed by atoms with Gasteiger partial charge in [-0.15, -0.1) is 0 Å². The third kappa shape index (κ3) is 3.12. The van der Waals surface area contributed by atoms with Crippen LogP contribution >= 0.6 is 15.9 Å². The quantitative estimate of drug-likeness (QED) is 0.828. The van der Waals surface area contributed by atoms with Crippen LogP contribution in [0.25, 0.3) is 0 Å². The Morgan fingerprint density at radius 3 is 2.63 bits per heavy atom. The lowest BCUT2D eigenvalue weighted by Gasteiger charge is -2.07. The number of amides is 1. The van der Waals surface area contributed by atoms with Gasteiger partial charge in [-0.1, -0.05) is 22.0 Å². The summed E-state index contributed by atoms with van der Waals surface area (Å²) in [6.07, 6.45) is 0. The summed E-state index contributed by atoms with van der Waals surface area (Å²) >= 11 is 3.36. The topological polar surface area (TPSA) is 55.1 Å². The Kier molecular flexibility index (Phi) is 3.85. The minimum absolute atomic E-state index is 0.0519. The number of nitrogens with one attached hydrogen (secondary N) is 1. The van der Waals surface area contributed by atoms with Gasteiger partial charge in [0.2, 0.25) is 0 Å². The van der Waals surface area contributed by atoms with Crippen molar-refractivity contribution >= 4 is 33.2 Å². The van der Waals surface area contributed by atoms with Gasteiger partial charge in [0.15, 0.2) is 0 Å². The molecule has 0 fully saturated rings. The van der Waals surface area contributed by atoms with Crippen LogP contribution in [0.15, 0.2) is 40.9 Å². The van der Waals surface area contributed by atoms with Crippen LogP contribution in [-0.4, -0.2) is 5.91 Å². The average molecular weight is 323 g/mol. The Bertz CT molecular complexity index is 643. The Balaban J connectivity index is 2.20. The highest BCUT2D eigenvalue weighted by Gasteiger charge is 2.08. The van der Waals surface area contributed by atoms with E-state index in [2.05, 4.69) is 21.2 Å². The molecule has 0 bridgehead atoms. The zero-order valence-corrected chi connectivity index (χ0v) is 11.8. The highest BCUT2D eigenvalue weighted by Crippen LogP contribution is 2.20. The van der Waals surface area contributed by atoms with E-state index in [1.165, 1.54) is 12.1 Å². The fourth-order valence-corrected chi connectivity index (χ4v) is 1.92. The molecule has 5 heteroatoms. The molecular weight excluding hydrogens is 311 g/mol. The number of benzene rings is 2. The van der Waals surface area contributed by atoms with Gasteiger partial charge in [-0.05, 0) is 42.8 Å². The summed E-state index contributed by atoms with van der Waals surface area (Å²) in [6, 6.07) is 9.43. The van der Waals surface area contributed by atoms with Crippen LogP contribution in [0.4, 0.5) is 15.8 Å². The van der Waals surface area contributed by atoms with Gasteiger partial charge in [-0.25, -0.2) is 4.39 Å². The second-order valence-electron chi connectivity index (χ2n) is 4.15. The summed E-state index contributed by atoms with van der Waals surface area (Å²) in [5, 5.41) is 2.62. The molecule has 1 amide bonds. The molecule has 19 heavy (non-hydrogen) atoms. The first-order valence-electron chi connectivity index (χ1n) is 5.60. The Hall–Kier alpha value is -1.88. The van der Waals surface area contributed by atoms with Gasteiger partial charge < -0.3 is 11.1 Å². The summed E-state index contributed by atoms with van der Waals surface area (Å²) in [5.41, 5.74) is 7.33. The molecule has 0 saturated carbocycles. The third-order valence-electron chi connectivity index (χ3n) is 2.69. The predicted octanol–water partition coefficient (Wildman–Crippen LogP) is 3.73. The molecule has 0 unspecified atom stereocenters. The molecular formula is C14H12BrFN2O. The first kappa shape index (κ1) is 13.5. The van der Waals surface area contributed by atoms with E-state index >= 15 is 0 Å². The number of carbonyl (C=O) groups is 1. The number of aryl methyl sites for hydroxylation is 1. The van der Waals surface area contributed by atoms with Crippen molar-refractivity contribution in [3.8, 4) is 0 Å². The number of hydrogen-bond donors (Lipinski definition) is 2. The van der Waals surface area contributed by atoms with Crippen molar-refractivity contribution in [1.29, 1.82) is 0 Å². The molecule has 0 aromatic heterocycles. The first-order chi connectivity index (χ1) is 8.97. The van der Waals surface area contributed by atoms with Crippen LogP contribution in [0, 0.1) is 12.7 Å². The van der Waals surface area contributed by atoms with Crippen molar-refractivity contribution in [3.05, 3.63) is 57.8 Å². The molecule has 0 atom stereocenters. The van der Waals surface area contributed by atoms with Gasteiger partial charge in [-0.2, -0.15) is 0 Å². The van der Waals surface area contributed by atoms with Crippen LogP contribution in [0.5, 0.6) is 0 Å². The number of nitrogens with two attached hydrogens (primary N) is 1. The molecule has 2 aromatic carbocycles. The molecule has 2 rings (SSSR count). The van der Waals surface area contributed by atoms with Crippen molar-refractivity contribution < 1.29 is 9.18 Å². The maximum absolute atomic E-state index is 13.3. The Morgan fingerprint density at radius 1 is 1.26 bits per heavy atom. The molecule has 0 heterocycles. The monoisotopic (exact) mass is 322 g/mol. The number of nitrogen functional groups attached to an aromatic ring is 1. The van der Waals surface area contributed by atoms with E-state index in [9.17, 15) is 9.18 Å². The largest absolute Gasteiger partial charge is 0.396 e. The summed E-state index contributed by atoms with van der Waals surface area (Å²) < 4.78 is 14.1. The number of carbonyl (C=O) groups excluding carboxylic acids is 1. The van der Waals surface area contributed by atoms with Crippen LogP contribution in [-0.2, 0) is 0 Å². The lowest BCUT2D eigenvalue weighted by molar-refractivity contribution is 0.102. The van der Waals surface area contributed by atoms with Crippen LogP contribution in [0.2, 0.25) is 0 Å². The van der Waals surface area contributed by atoms with E-state index in [0.717, 1.165) is 10.0 Å². The van der Waals surface area contributed by atoms with Gasteiger partial charge in [0.05, 0.1) is 5.69 Å². The van der Waals surface area contributed by atoms with Crippen molar-refractivity contribution in [2.75, 3.05) is 11.1 Å². The number of anilines is 2. The number of halogens is 2. The van der Waals surface area contributed by atoms with Gasteiger partial charge in [0.25, 0.3) is 5.91 Å². The van der Waals surface area contributed by atoms with E-state index in [4.69, 9.17) is 5.73 Å². The molecule has 98 valence electrons. The van der Waals surface area contributed by atoms with Gasteiger partial charge in [-0.3, -0.25) is 4.79 Å². The maximum Gasteiger partial charge on any atom is 0.255 e. The lowest BCUT2D eigenvalue weighted by Crippen LogP contribution is -2.12. The number of rotatable bonds is 2. The van der Waals surface area contributed by atoms with E-state index in [1.54, 1.807) is 18.2 Å². The predicted molar refractivity (Wildman–Crippen MR) is 77.6 cm³/mol. The normalized spacial score (nSPS) is 10.3. The fourth-order valence-electron chi connectivity index (χ4n) is 1.54. The first-order valence-corrected chi connectivity index (χ1v) is 6.39. The zero-order chi connectivity index (χ0) is 14.0. The summed E-state index contributed by atoms with van der Waals surface area (Å²) in [6.45, 7) is 1.93. The molecule has 0 saturated heterocycles. The summed E-state index contributed by atoms with van der Waals surface area (Å²) in [7, 11) is 0. The minimum Gasteiger partial charge on any atom is -0.396 e. The molecule has 2 aromatic rings. The van der Waals surface area contributed by atoms with Crippen molar-refractivity contribution in [1.82, 2.24) is 0 Å². The van der Waals surface area contributed by atoms with Crippen LogP contribution in [0.1, 0.15) is 15.9 Å². The minimum atomic E-state index is -0.553. The summed E-state index contributed by atoms with van der Waals surface area (Å²) in [5.74, 6) is -0.854. The third-order valence-corrected chi connectivity index (χ3v) is 3.55. The smallest absolute Gasteiger partial charge is 0.255 e. The standard InChI is InChI=1S/C14H12BrFN2O/c1-8-2-3-9(6-11(8)15)14(19)18-10-4-5-13(17)12(16)7-10/h2-7H,17H2,1H3,(H,18,19). The molecule has 3 nitrogen and oxygen atoms in total. The van der Waals surface area contributed by atoms with Crippen molar-refractivity contribution in [2.24, 2.45) is 0 Å². The Morgan fingerprint density at radius 2 is 2.00 bits per heavy atom. The molecule has 0 radical (unpaired) electrons. The van der Waals surface area contributed by atoms with Gasteiger partial charge in [0.1, 0.15) is 5.82 Å². The lowest BCUT2D eigenvalue weighted by atomic mass is 10.1. The van der Waals surface area contributed by atoms with E-state index in [0.29, 0.717) is 11.3 Å². The van der Waals surface area contributed by atoms with Gasteiger partial charge in [0, 0.05) is 15.7 Å². The molecule has 0 aliphatic heterocycles. The summed E-state index contributed by atoms with van der Waals surface area (Å²) in [4.78, 5) is 12.0. The van der Waals surface area contributed by atoms with E-state index in [1.807, 2.05) is 13.0 Å². The van der Waals surface area contributed by atoms with Gasteiger partial charge >= 0.3 is 0 Å². The highest BCUT2D eigenvalue weighted by molar-refractivity contribution is 9.10. The van der Waals surface area contributed by atoms with E-state index in [-0.39, 0.29) is 11.6 Å². The van der Waals surface area contributed by atoms with Crippen molar-refractivity contribution in [2.45, 2.75) is 6.92 Å². The molecule has 0 aliphatic carbocycles. The number of hydrogen-bond acceptors (Lipinski definition) is 2.